The lowest BCUT2D eigenvalue weighted by Crippen LogP contribution is -2.49. The number of morpholine rings is 1. The zero-order valence-corrected chi connectivity index (χ0v) is 12.6. The molecule has 0 aromatic rings. The zero-order chi connectivity index (χ0) is 14.4. The molecule has 20 heavy (non-hydrogen) atoms. The van der Waals surface area contributed by atoms with Crippen LogP contribution in [0.1, 0.15) is 38.5 Å². The van der Waals surface area contributed by atoms with E-state index in [0.717, 1.165) is 12.8 Å². The van der Waals surface area contributed by atoms with Crippen LogP contribution in [0.25, 0.3) is 0 Å². The summed E-state index contributed by atoms with van der Waals surface area (Å²) in [6.45, 7) is 3.12. The van der Waals surface area contributed by atoms with E-state index in [4.69, 9.17) is 15.2 Å². The molecule has 5 nitrogen and oxygen atoms in total. The lowest BCUT2D eigenvalue weighted by Gasteiger charge is -2.39. The first-order valence-electron chi connectivity index (χ1n) is 7.77. The summed E-state index contributed by atoms with van der Waals surface area (Å²) in [6, 6.07) is 0. The van der Waals surface area contributed by atoms with Crippen molar-refractivity contribution in [1.82, 2.24) is 4.90 Å². The first-order chi connectivity index (χ1) is 9.69. The zero-order valence-electron chi connectivity index (χ0n) is 12.6. The van der Waals surface area contributed by atoms with Gasteiger partial charge in [-0.1, -0.05) is 19.3 Å². The van der Waals surface area contributed by atoms with Gasteiger partial charge in [-0.25, -0.2) is 0 Å². The van der Waals surface area contributed by atoms with E-state index in [0.29, 0.717) is 39.3 Å². The third-order valence-electron chi connectivity index (χ3n) is 4.72. The van der Waals surface area contributed by atoms with Crippen LogP contribution in [0.2, 0.25) is 0 Å². The summed E-state index contributed by atoms with van der Waals surface area (Å²) in [5.41, 5.74) is 6.02. The fourth-order valence-electron chi connectivity index (χ4n) is 3.42. The minimum Gasteiger partial charge on any atom is -0.382 e. The lowest BCUT2D eigenvalue weighted by molar-refractivity contribution is -0.143. The standard InChI is InChI=1S/C15H28N2O3/c1-19-11-13-10-17(7-8-20-13)14(18)9-15(12-16)5-3-2-4-6-15/h13H,2-12,16H2,1H3. The van der Waals surface area contributed by atoms with Gasteiger partial charge in [0, 0.05) is 26.6 Å². The predicted molar refractivity (Wildman–Crippen MR) is 77.4 cm³/mol. The van der Waals surface area contributed by atoms with Gasteiger partial charge in [-0.15, -0.1) is 0 Å². The largest absolute Gasteiger partial charge is 0.382 e. The molecule has 2 N–H and O–H groups in total. The van der Waals surface area contributed by atoms with Gasteiger partial charge in [0.25, 0.3) is 0 Å². The minimum atomic E-state index is 0.0119. The summed E-state index contributed by atoms with van der Waals surface area (Å²) in [5.74, 6) is 0.238. The van der Waals surface area contributed by atoms with Crippen molar-refractivity contribution in [3.05, 3.63) is 0 Å². The fourth-order valence-corrected chi connectivity index (χ4v) is 3.42. The van der Waals surface area contributed by atoms with Crippen LogP contribution in [0.4, 0.5) is 0 Å². The Morgan fingerprint density at radius 3 is 2.80 bits per heavy atom. The number of hydrogen-bond donors (Lipinski definition) is 1. The van der Waals surface area contributed by atoms with Crippen molar-refractivity contribution in [2.75, 3.05) is 40.0 Å². The second-order valence-electron chi connectivity index (χ2n) is 6.23. The Labute approximate surface area is 121 Å². The highest BCUT2D eigenvalue weighted by atomic mass is 16.5. The minimum absolute atomic E-state index is 0.0119. The molecule has 2 fully saturated rings. The Morgan fingerprint density at radius 2 is 2.15 bits per heavy atom. The van der Waals surface area contributed by atoms with Crippen LogP contribution in [0, 0.1) is 5.41 Å². The molecule has 116 valence electrons. The molecule has 1 unspecified atom stereocenters. The van der Waals surface area contributed by atoms with Crippen molar-refractivity contribution < 1.29 is 14.3 Å². The van der Waals surface area contributed by atoms with Gasteiger partial charge in [-0.05, 0) is 24.8 Å². The Balaban J connectivity index is 1.89. The van der Waals surface area contributed by atoms with Crippen molar-refractivity contribution in [3.8, 4) is 0 Å². The average molecular weight is 284 g/mol. The third-order valence-corrected chi connectivity index (χ3v) is 4.72. The molecule has 1 aliphatic heterocycles. The van der Waals surface area contributed by atoms with Crippen molar-refractivity contribution in [2.45, 2.75) is 44.6 Å². The van der Waals surface area contributed by atoms with Gasteiger partial charge in [0.05, 0.1) is 19.3 Å². The average Bonchev–Trinajstić information content (AvgIpc) is 2.49. The van der Waals surface area contributed by atoms with Crippen LogP contribution in [-0.2, 0) is 14.3 Å². The smallest absolute Gasteiger partial charge is 0.223 e. The first-order valence-corrected chi connectivity index (χ1v) is 7.77. The molecule has 1 heterocycles. The molecule has 0 aromatic heterocycles. The van der Waals surface area contributed by atoms with Gasteiger partial charge in [0.15, 0.2) is 0 Å². The summed E-state index contributed by atoms with van der Waals surface area (Å²) >= 11 is 0. The van der Waals surface area contributed by atoms with Gasteiger partial charge >= 0.3 is 0 Å². The van der Waals surface area contributed by atoms with Gasteiger partial charge in [0.1, 0.15) is 0 Å². The number of hydrogen-bond acceptors (Lipinski definition) is 4. The molecule has 2 aliphatic rings. The van der Waals surface area contributed by atoms with E-state index >= 15 is 0 Å². The van der Waals surface area contributed by atoms with Crippen LogP contribution < -0.4 is 5.73 Å². The number of methoxy groups -OCH3 is 1. The Morgan fingerprint density at radius 1 is 1.40 bits per heavy atom. The summed E-state index contributed by atoms with van der Waals surface area (Å²) in [5, 5.41) is 0. The maximum atomic E-state index is 12.6. The summed E-state index contributed by atoms with van der Waals surface area (Å²) in [4.78, 5) is 14.5. The highest BCUT2D eigenvalue weighted by Crippen LogP contribution is 2.38. The summed E-state index contributed by atoms with van der Waals surface area (Å²) in [6.07, 6.45) is 6.51. The van der Waals surface area contributed by atoms with Crippen LogP contribution in [-0.4, -0.2) is 56.9 Å². The third kappa shape index (κ3) is 3.93. The second kappa shape index (κ2) is 7.38. The quantitative estimate of drug-likeness (QED) is 0.823. The number of amides is 1. The Hall–Kier alpha value is -0.650. The van der Waals surface area contributed by atoms with Gasteiger partial charge in [-0.3, -0.25) is 4.79 Å². The summed E-state index contributed by atoms with van der Waals surface area (Å²) < 4.78 is 10.7. The highest BCUT2D eigenvalue weighted by Gasteiger charge is 2.35. The summed E-state index contributed by atoms with van der Waals surface area (Å²) in [7, 11) is 1.66. The number of rotatable bonds is 5. The molecule has 0 bridgehead atoms. The van der Waals surface area contributed by atoms with Gasteiger partial charge < -0.3 is 20.1 Å². The van der Waals surface area contributed by atoms with E-state index in [1.165, 1.54) is 19.3 Å². The van der Waals surface area contributed by atoms with Crippen LogP contribution in [0.3, 0.4) is 0 Å². The van der Waals surface area contributed by atoms with Crippen molar-refractivity contribution >= 4 is 5.91 Å². The maximum absolute atomic E-state index is 12.6. The van der Waals surface area contributed by atoms with E-state index in [-0.39, 0.29) is 17.4 Å². The highest BCUT2D eigenvalue weighted by molar-refractivity contribution is 5.77. The number of ether oxygens (including phenoxy) is 2. The van der Waals surface area contributed by atoms with Crippen LogP contribution in [0.15, 0.2) is 0 Å². The monoisotopic (exact) mass is 284 g/mol. The predicted octanol–water partition coefficient (Wildman–Crippen LogP) is 1.16. The van der Waals surface area contributed by atoms with Crippen molar-refractivity contribution in [1.29, 1.82) is 0 Å². The molecule has 1 amide bonds. The lowest BCUT2D eigenvalue weighted by atomic mass is 9.71. The molecule has 0 spiro atoms. The molecular weight excluding hydrogens is 256 g/mol. The van der Waals surface area contributed by atoms with E-state index < -0.39 is 0 Å². The fraction of sp³-hybridized carbons (Fsp3) is 0.933. The molecule has 1 aliphatic carbocycles. The van der Waals surface area contributed by atoms with E-state index in [1.54, 1.807) is 7.11 Å². The first kappa shape index (κ1) is 15.7. The van der Waals surface area contributed by atoms with E-state index in [2.05, 4.69) is 0 Å². The van der Waals surface area contributed by atoms with Crippen LogP contribution in [0.5, 0.6) is 0 Å². The molecule has 0 radical (unpaired) electrons. The second-order valence-corrected chi connectivity index (χ2v) is 6.23. The molecule has 0 aromatic carbocycles. The maximum Gasteiger partial charge on any atom is 0.223 e. The number of nitrogens with zero attached hydrogens (tertiary/aromatic N) is 1. The SMILES string of the molecule is COCC1CN(C(=O)CC2(CN)CCCCC2)CCO1. The Bertz CT molecular complexity index is 314. The molecular formula is C15H28N2O3. The van der Waals surface area contributed by atoms with E-state index in [1.807, 2.05) is 4.90 Å². The van der Waals surface area contributed by atoms with Crippen molar-refractivity contribution in [3.63, 3.8) is 0 Å². The van der Waals surface area contributed by atoms with E-state index in [9.17, 15) is 4.79 Å². The molecule has 2 rings (SSSR count). The molecule has 1 saturated heterocycles. The van der Waals surface area contributed by atoms with Gasteiger partial charge in [0.2, 0.25) is 5.91 Å². The normalized spacial score (nSPS) is 26.5. The Kier molecular flexibility index (Phi) is 5.81. The molecule has 1 atom stereocenters. The topological polar surface area (TPSA) is 64.8 Å². The molecule has 5 heteroatoms. The number of nitrogens with two attached hydrogens (primary N) is 1. The molecule has 1 saturated carbocycles. The van der Waals surface area contributed by atoms with Gasteiger partial charge in [-0.2, -0.15) is 0 Å². The van der Waals surface area contributed by atoms with Crippen LogP contribution >= 0.6 is 0 Å². The number of carbonyl (C=O) groups excluding carboxylic acids is 1. The van der Waals surface area contributed by atoms with Crippen molar-refractivity contribution in [2.24, 2.45) is 11.1 Å². The number of carbonyl (C=O) groups is 1.